The minimum atomic E-state index is -1.75. The van der Waals surface area contributed by atoms with Gasteiger partial charge in [-0.1, -0.05) is 0 Å². The summed E-state index contributed by atoms with van der Waals surface area (Å²) in [6, 6.07) is 0. The summed E-state index contributed by atoms with van der Waals surface area (Å²) in [5.41, 5.74) is 0. The largest absolute Gasteiger partial charge is 2.00 e. The molecule has 0 saturated heterocycles. The third-order valence-electron chi connectivity index (χ3n) is 0. The van der Waals surface area contributed by atoms with E-state index in [0.29, 0.717) is 0 Å². The number of hydrogen-bond acceptors (Lipinski definition) is 6. The Morgan fingerprint density at radius 2 is 0.800 bits per heavy atom. The van der Waals surface area contributed by atoms with Crippen molar-refractivity contribution in [3.63, 3.8) is 0 Å². The van der Waals surface area contributed by atoms with Crippen LogP contribution in [0.2, 0.25) is 0 Å². The monoisotopic (exact) mass is 196 g/mol. The topological polar surface area (TPSA) is 163 Å². The van der Waals surface area contributed by atoms with Crippen molar-refractivity contribution in [3.8, 4) is 0 Å². The zero-order valence-electron chi connectivity index (χ0n) is 4.11. The molecule has 0 aliphatic carbocycles. The molecule has 0 rings (SSSR count). The average Bonchev–Trinajstić information content (AvgIpc) is 1.25. The fourth-order valence-corrected chi connectivity index (χ4v) is 0. The normalized spacial score (nSPS) is 4.80. The molecule has 0 heterocycles. The van der Waals surface area contributed by atoms with Crippen LogP contribution in [0, 0.1) is 30.6 Å². The SMILES string of the molecule is O=[N+]([O-])[O-].O=[N+]([O-])[O-].[N].[Ni+2]. The molecule has 61 valence electrons. The summed E-state index contributed by atoms with van der Waals surface area (Å²) in [4.78, 5) is 16.5. The van der Waals surface area contributed by atoms with Crippen LogP contribution < -0.4 is 6.15 Å². The van der Waals surface area contributed by atoms with E-state index in [0.717, 1.165) is 0 Å². The quantitative estimate of drug-likeness (QED) is 0.275. The van der Waals surface area contributed by atoms with Gasteiger partial charge in [0.1, 0.15) is 0 Å². The van der Waals surface area contributed by atoms with Crippen molar-refractivity contribution >= 4 is 0 Å². The molecule has 3 radical (unpaired) electrons. The molecule has 0 N–H and O–H groups in total. The maximum atomic E-state index is 8.25. The van der Waals surface area contributed by atoms with Gasteiger partial charge in [0, 0.05) is 6.15 Å². The minimum absolute atomic E-state index is 0. The summed E-state index contributed by atoms with van der Waals surface area (Å²) in [6.07, 6.45) is 0. The number of rotatable bonds is 0. The Morgan fingerprint density at radius 1 is 0.800 bits per heavy atom. The maximum Gasteiger partial charge on any atom is 2.00 e. The summed E-state index contributed by atoms with van der Waals surface area (Å²) in [6.45, 7) is 0. The van der Waals surface area contributed by atoms with Crippen molar-refractivity contribution < 1.29 is 26.7 Å². The van der Waals surface area contributed by atoms with Crippen molar-refractivity contribution in [2.45, 2.75) is 0 Å². The first-order chi connectivity index (χ1) is 3.46. The summed E-state index contributed by atoms with van der Waals surface area (Å²) in [5.74, 6) is 0. The van der Waals surface area contributed by atoms with Crippen LogP contribution in [0.15, 0.2) is 0 Å². The standard InChI is InChI=1S/2NO3.N.Ni/c2*2-1(3)4;;/q2*-1;;+2. The molecule has 0 aliphatic heterocycles. The maximum absolute atomic E-state index is 8.25. The van der Waals surface area contributed by atoms with Gasteiger partial charge in [0.05, 0.1) is 10.2 Å². The van der Waals surface area contributed by atoms with Crippen molar-refractivity contribution in [2.24, 2.45) is 0 Å². The summed E-state index contributed by atoms with van der Waals surface area (Å²) in [7, 11) is 0. The smallest absolute Gasteiger partial charge is 0.356 e. The molecule has 0 fully saturated rings. The predicted molar refractivity (Wildman–Crippen MR) is 22.9 cm³/mol. The van der Waals surface area contributed by atoms with Crippen LogP contribution in [0.3, 0.4) is 0 Å². The molecule has 0 unspecified atom stereocenters. The zero-order chi connectivity index (χ0) is 7.15. The first-order valence-electron chi connectivity index (χ1n) is 1.10. The van der Waals surface area contributed by atoms with E-state index in [1.807, 2.05) is 0 Å². The van der Waals surface area contributed by atoms with E-state index in [9.17, 15) is 0 Å². The van der Waals surface area contributed by atoms with Gasteiger partial charge in [0.2, 0.25) is 0 Å². The molecule has 0 aromatic heterocycles. The van der Waals surface area contributed by atoms with Crippen LogP contribution in [-0.4, -0.2) is 10.2 Å². The second kappa shape index (κ2) is 15.7. The first kappa shape index (κ1) is 23.2. The second-order valence-corrected chi connectivity index (χ2v) is 0.447. The molecule has 10 heteroatoms. The zero-order valence-corrected chi connectivity index (χ0v) is 5.09. The van der Waals surface area contributed by atoms with Crippen LogP contribution in [0.25, 0.3) is 0 Å². The molecular formula is N3NiO6. The van der Waals surface area contributed by atoms with Gasteiger partial charge in [-0.25, -0.2) is 0 Å². The van der Waals surface area contributed by atoms with Crippen molar-refractivity contribution in [2.75, 3.05) is 0 Å². The molecule has 0 aromatic carbocycles. The van der Waals surface area contributed by atoms with E-state index in [1.165, 1.54) is 0 Å². The van der Waals surface area contributed by atoms with E-state index < -0.39 is 10.2 Å². The van der Waals surface area contributed by atoms with Gasteiger partial charge >= 0.3 is 16.5 Å². The molecule has 0 bridgehead atoms. The van der Waals surface area contributed by atoms with Gasteiger partial charge in [-0.15, -0.1) is 0 Å². The van der Waals surface area contributed by atoms with Crippen LogP contribution in [0.4, 0.5) is 0 Å². The van der Waals surface area contributed by atoms with Crippen LogP contribution in [0.5, 0.6) is 0 Å². The molecule has 0 spiro atoms. The number of hydrogen-bond donors (Lipinski definition) is 0. The molecule has 10 heavy (non-hydrogen) atoms. The van der Waals surface area contributed by atoms with E-state index in [1.54, 1.807) is 0 Å². The molecule has 9 nitrogen and oxygen atoms in total. The van der Waals surface area contributed by atoms with Gasteiger partial charge < -0.3 is 30.6 Å². The fourth-order valence-electron chi connectivity index (χ4n) is 0. The van der Waals surface area contributed by atoms with E-state index in [2.05, 4.69) is 0 Å². The van der Waals surface area contributed by atoms with Crippen LogP contribution in [0.1, 0.15) is 0 Å². The average molecular weight is 197 g/mol. The van der Waals surface area contributed by atoms with Gasteiger partial charge in [0.15, 0.2) is 0 Å². The summed E-state index contributed by atoms with van der Waals surface area (Å²) < 4.78 is 0. The Hall–Kier alpha value is -1.15. The van der Waals surface area contributed by atoms with Gasteiger partial charge in [-0.2, -0.15) is 0 Å². The Labute approximate surface area is 64.4 Å². The molecule has 0 aromatic rings. The molecule has 0 saturated carbocycles. The Balaban J connectivity index is -0.0000000300. The van der Waals surface area contributed by atoms with E-state index in [-0.39, 0.29) is 22.6 Å². The Bertz CT molecular complexity index is 71.0. The molecule has 0 atom stereocenters. The van der Waals surface area contributed by atoms with E-state index in [4.69, 9.17) is 30.6 Å². The van der Waals surface area contributed by atoms with Gasteiger partial charge in [-0.05, 0) is 0 Å². The van der Waals surface area contributed by atoms with Crippen molar-refractivity contribution in [1.29, 1.82) is 0 Å². The van der Waals surface area contributed by atoms with E-state index >= 15 is 0 Å². The third kappa shape index (κ3) is 179. The second-order valence-electron chi connectivity index (χ2n) is 0.447. The third-order valence-corrected chi connectivity index (χ3v) is 0. The van der Waals surface area contributed by atoms with Gasteiger partial charge in [-0.3, -0.25) is 0 Å². The van der Waals surface area contributed by atoms with Crippen LogP contribution >= 0.6 is 0 Å². The molecule has 0 amide bonds. The Morgan fingerprint density at radius 3 is 0.800 bits per heavy atom. The summed E-state index contributed by atoms with van der Waals surface area (Å²) >= 11 is 0. The minimum Gasteiger partial charge on any atom is -0.356 e. The van der Waals surface area contributed by atoms with Crippen molar-refractivity contribution in [1.82, 2.24) is 6.15 Å². The Kier molecular flexibility index (Phi) is 36.3. The molecular weight excluding hydrogens is 197 g/mol. The first-order valence-corrected chi connectivity index (χ1v) is 1.10. The molecule has 0 aliphatic rings. The fraction of sp³-hybridized carbons (Fsp3) is 0. The van der Waals surface area contributed by atoms with Crippen molar-refractivity contribution in [3.05, 3.63) is 30.6 Å². The summed E-state index contributed by atoms with van der Waals surface area (Å²) in [5, 5.41) is 29.5. The van der Waals surface area contributed by atoms with Crippen LogP contribution in [-0.2, 0) is 16.5 Å². The number of nitrogens with zero attached hydrogens (tertiary/aromatic N) is 3. The van der Waals surface area contributed by atoms with Gasteiger partial charge in [0.25, 0.3) is 0 Å². The predicted octanol–water partition coefficient (Wildman–Crippen LogP) is -0.961.